The van der Waals surface area contributed by atoms with Gasteiger partial charge >= 0.3 is 0 Å². The van der Waals surface area contributed by atoms with Crippen LogP contribution >= 0.6 is 0 Å². The van der Waals surface area contributed by atoms with Crippen molar-refractivity contribution in [2.45, 2.75) is 349 Å². The monoisotopic (exact) mass is 1010 g/mol. The molecule has 2 aromatic carbocycles. The summed E-state index contributed by atoms with van der Waals surface area (Å²) in [5.74, 6) is 13.8. The number of rotatable bonds is 51. The van der Waals surface area contributed by atoms with Crippen molar-refractivity contribution < 1.29 is 0 Å². The molecule has 2 rings (SSSR count). The van der Waals surface area contributed by atoms with E-state index in [9.17, 15) is 0 Å². The van der Waals surface area contributed by atoms with E-state index >= 15 is 0 Å². The van der Waals surface area contributed by atoms with E-state index in [0.29, 0.717) is 0 Å². The quantitative estimate of drug-likeness (QED) is 0.0358. The van der Waals surface area contributed by atoms with Crippen molar-refractivity contribution >= 4 is 22.8 Å². The van der Waals surface area contributed by atoms with E-state index in [1.54, 1.807) is 0 Å². The molecule has 0 radical (unpaired) electrons. The molecular weight excluding hydrogens is 893 g/mol. The van der Waals surface area contributed by atoms with E-state index < -0.39 is 0 Å². The second kappa shape index (κ2) is 53.3. The zero-order valence-electron chi connectivity index (χ0n) is 49.9. The highest BCUT2D eigenvalue weighted by Gasteiger charge is 2.09. The van der Waals surface area contributed by atoms with Gasteiger partial charge in [-0.15, -0.1) is 0 Å². The maximum absolute atomic E-state index is 5.22. The fourth-order valence-electron chi connectivity index (χ4n) is 10.5. The highest BCUT2D eigenvalue weighted by Crippen LogP contribution is 2.22. The van der Waals surface area contributed by atoms with Crippen LogP contribution in [0.15, 0.2) is 58.5 Å². The van der Waals surface area contributed by atoms with Gasteiger partial charge in [-0.1, -0.05) is 340 Å². The molecule has 0 aromatic heterocycles. The number of benzene rings is 2. The van der Waals surface area contributed by atoms with Gasteiger partial charge in [0.25, 0.3) is 0 Å². The summed E-state index contributed by atoms with van der Waals surface area (Å²) in [6, 6.07) is 17.0. The van der Waals surface area contributed by atoms with E-state index in [2.05, 4.69) is 99.9 Å². The van der Waals surface area contributed by atoms with Gasteiger partial charge in [0.1, 0.15) is 0 Å². The van der Waals surface area contributed by atoms with Gasteiger partial charge in [-0.05, 0) is 68.5 Å². The third-order valence-corrected chi connectivity index (χ3v) is 15.4. The van der Waals surface area contributed by atoms with E-state index in [-0.39, 0.29) is 0 Å². The van der Waals surface area contributed by atoms with E-state index in [4.69, 9.17) is 9.98 Å². The Morgan fingerprint density at radius 2 is 0.554 bits per heavy atom. The Hall–Kier alpha value is -3.10. The van der Waals surface area contributed by atoms with Crippen LogP contribution in [0.25, 0.3) is 0 Å². The Kier molecular flexibility index (Phi) is 48.3. The second-order valence-corrected chi connectivity index (χ2v) is 22.6. The fraction of sp³-hybridized carbons (Fsp3) is 0.750. The predicted molar refractivity (Wildman–Crippen MR) is 334 cm³/mol. The average molecular weight is 1010 g/mol. The van der Waals surface area contributed by atoms with Gasteiger partial charge in [-0.25, -0.2) is 0 Å². The summed E-state index contributed by atoms with van der Waals surface area (Å²) in [5.41, 5.74) is 6.22. The maximum atomic E-state index is 5.22. The minimum Gasteiger partial charge on any atom is -0.252 e. The van der Waals surface area contributed by atoms with Gasteiger partial charge in [0.2, 0.25) is 0 Å². The van der Waals surface area contributed by atoms with Crippen LogP contribution < -0.4 is 0 Å². The van der Waals surface area contributed by atoms with Gasteiger partial charge in [0, 0.05) is 24.0 Å². The van der Waals surface area contributed by atoms with Crippen LogP contribution in [-0.4, -0.2) is 11.4 Å². The van der Waals surface area contributed by atoms with Gasteiger partial charge in [0.15, 0.2) is 0 Å². The molecule has 74 heavy (non-hydrogen) atoms. The molecule has 0 aliphatic carbocycles. The normalized spacial score (nSPS) is 11.7. The molecule has 0 fully saturated rings. The molecule has 0 saturated carbocycles. The smallest absolute Gasteiger partial charge is 0.0646 e. The molecule has 0 aliphatic rings. The molecule has 418 valence electrons. The maximum Gasteiger partial charge on any atom is 0.0646 e. The lowest BCUT2D eigenvalue weighted by atomic mass is 10.0. The average Bonchev–Trinajstić information content (AvgIpc) is 3.41. The zero-order chi connectivity index (χ0) is 52.7. The Morgan fingerprint density at radius 1 is 0.297 bits per heavy atom. The molecule has 0 unspecified atom stereocenters. The van der Waals surface area contributed by atoms with Gasteiger partial charge in [-0.3, -0.25) is 9.98 Å². The van der Waals surface area contributed by atoms with Crippen LogP contribution in [0.3, 0.4) is 0 Å². The third kappa shape index (κ3) is 42.1. The first-order chi connectivity index (χ1) is 36.7. The summed E-state index contributed by atoms with van der Waals surface area (Å²) >= 11 is 0. The fourth-order valence-corrected chi connectivity index (χ4v) is 10.5. The molecule has 2 nitrogen and oxygen atoms in total. The largest absolute Gasteiger partial charge is 0.252 e. The molecule has 2 aromatic rings. The van der Waals surface area contributed by atoms with Crippen LogP contribution in [0.5, 0.6) is 0 Å². The van der Waals surface area contributed by atoms with Crippen LogP contribution in [0.1, 0.15) is 360 Å². The molecule has 0 heterocycles. The molecule has 0 saturated heterocycles. The standard InChI is InChI=1S/C72H120N2/c1-5-9-12-14-16-18-20-22-24-26-28-30-32-34-36-38-40-42-44-46-48-50-52-54-58-67-60-56-62-69(65-67)73-71(8-4)72(64-11-7-3)74-70-63-57-61-68(66-70)59-55-53-51-49-47-45-43-41-39-37-35-33-31-29-27-25-23-21-19-17-15-13-10-6-2/h56-57,60-63,65-66H,5-53,64H2,1-4H3. The van der Waals surface area contributed by atoms with Gasteiger partial charge in [-0.2, -0.15) is 0 Å². The van der Waals surface area contributed by atoms with Crippen molar-refractivity contribution in [2.75, 3.05) is 0 Å². The van der Waals surface area contributed by atoms with Crippen molar-refractivity contribution in [3.8, 4) is 23.7 Å². The lowest BCUT2D eigenvalue weighted by Crippen LogP contribution is -2.13. The summed E-state index contributed by atoms with van der Waals surface area (Å²) in [4.78, 5) is 10.4. The van der Waals surface area contributed by atoms with Crippen LogP contribution in [0, 0.1) is 23.7 Å². The van der Waals surface area contributed by atoms with Crippen molar-refractivity contribution in [1.29, 1.82) is 0 Å². The van der Waals surface area contributed by atoms with E-state index in [0.717, 1.165) is 72.4 Å². The first-order valence-corrected chi connectivity index (χ1v) is 33.0. The number of aliphatic imine (C=N–C) groups is 2. The Balaban J connectivity index is 1.58. The summed E-state index contributed by atoms with van der Waals surface area (Å²) in [6.07, 6.45) is 68.5. The van der Waals surface area contributed by atoms with Crippen molar-refractivity contribution in [2.24, 2.45) is 9.98 Å². The Morgan fingerprint density at radius 3 is 0.824 bits per heavy atom. The first kappa shape index (κ1) is 67.0. The van der Waals surface area contributed by atoms with E-state index in [1.807, 2.05) is 0 Å². The molecular formula is C72H120N2. The number of unbranched alkanes of at least 4 members (excludes halogenated alkanes) is 45. The summed E-state index contributed by atoms with van der Waals surface area (Å²) < 4.78 is 0. The topological polar surface area (TPSA) is 24.7 Å². The van der Waals surface area contributed by atoms with Crippen molar-refractivity contribution in [1.82, 2.24) is 0 Å². The van der Waals surface area contributed by atoms with Crippen molar-refractivity contribution in [3.63, 3.8) is 0 Å². The molecule has 0 bridgehead atoms. The number of hydrogen-bond donors (Lipinski definition) is 0. The predicted octanol–water partition coefficient (Wildman–Crippen LogP) is 24.8. The van der Waals surface area contributed by atoms with Gasteiger partial charge < -0.3 is 0 Å². The highest BCUT2D eigenvalue weighted by molar-refractivity contribution is 6.43. The lowest BCUT2D eigenvalue weighted by Gasteiger charge is -2.09. The molecule has 2 heteroatoms. The minimum absolute atomic E-state index is 0.844. The summed E-state index contributed by atoms with van der Waals surface area (Å²) in [5, 5.41) is 0. The first-order valence-electron chi connectivity index (χ1n) is 33.0. The Labute approximate surface area is 462 Å². The SMILES string of the molecule is CCCCCCCCCCCCCCCCCCCCCCCCC#Cc1cccc(N=C(CC)C(CCCC)=Nc2cccc(C#CCCCCCCCCCCCCCCCCCCCCCCCC)c2)c1. The minimum atomic E-state index is 0.844. The Bertz CT molecular complexity index is 1720. The number of nitrogens with zero attached hydrogens (tertiary/aromatic N) is 2. The van der Waals surface area contributed by atoms with E-state index in [1.165, 1.54) is 283 Å². The van der Waals surface area contributed by atoms with Crippen molar-refractivity contribution in [3.05, 3.63) is 59.7 Å². The molecule has 0 spiro atoms. The lowest BCUT2D eigenvalue weighted by molar-refractivity contribution is 0.519. The van der Waals surface area contributed by atoms with Crippen LogP contribution in [0.4, 0.5) is 11.4 Å². The third-order valence-electron chi connectivity index (χ3n) is 15.4. The highest BCUT2D eigenvalue weighted by atomic mass is 14.8. The van der Waals surface area contributed by atoms with Gasteiger partial charge in [0.05, 0.1) is 22.8 Å². The molecule has 0 aliphatic heterocycles. The molecule has 0 N–H and O–H groups in total. The molecule has 0 atom stereocenters. The zero-order valence-corrected chi connectivity index (χ0v) is 49.9. The van der Waals surface area contributed by atoms with Crippen LogP contribution in [-0.2, 0) is 0 Å². The van der Waals surface area contributed by atoms with Crippen LogP contribution in [0.2, 0.25) is 0 Å². The second-order valence-electron chi connectivity index (χ2n) is 22.6. The number of hydrogen-bond acceptors (Lipinski definition) is 2. The summed E-state index contributed by atoms with van der Waals surface area (Å²) in [6.45, 7) is 9.07. The molecule has 0 amide bonds. The summed E-state index contributed by atoms with van der Waals surface area (Å²) in [7, 11) is 0.